The van der Waals surface area contributed by atoms with E-state index in [0.29, 0.717) is 13.1 Å². The smallest absolute Gasteiger partial charge is 0.543 e. The molecule has 1 aromatic carbocycles. The maximum atomic E-state index is 12.8. The minimum atomic E-state index is -4.89. The number of nitrogens with zero attached hydrogens (tertiary/aromatic N) is 1. The Labute approximate surface area is 154 Å². The first-order chi connectivity index (χ1) is 11.7. The predicted octanol–water partition coefficient (Wildman–Crippen LogP) is 5.45. The molecule has 0 bridgehead atoms. The highest BCUT2D eigenvalue weighted by molar-refractivity contribution is 6.74. The van der Waals surface area contributed by atoms with E-state index in [1.54, 1.807) is 13.8 Å². The Morgan fingerprint density at radius 3 is 2.08 bits per heavy atom. The fourth-order valence-corrected chi connectivity index (χ4v) is 3.10. The van der Waals surface area contributed by atoms with E-state index in [1.165, 1.54) is 17.0 Å². The molecule has 26 heavy (non-hydrogen) atoms. The highest BCUT2D eigenvalue weighted by Crippen LogP contribution is 2.39. The van der Waals surface area contributed by atoms with E-state index < -0.39 is 26.3 Å². The molecule has 0 aliphatic carbocycles. The van der Waals surface area contributed by atoms with Crippen LogP contribution in [0.4, 0.5) is 13.2 Å². The van der Waals surface area contributed by atoms with Crippen molar-refractivity contribution in [3.8, 4) is 11.5 Å². The third-order valence-corrected chi connectivity index (χ3v) is 9.00. The van der Waals surface area contributed by atoms with Gasteiger partial charge in [-0.1, -0.05) is 20.8 Å². The fraction of sp³-hybridized carbons (Fsp3) is 0.611. The van der Waals surface area contributed by atoms with Gasteiger partial charge in [-0.2, -0.15) is 0 Å². The lowest BCUT2D eigenvalue weighted by Crippen LogP contribution is -2.43. The lowest BCUT2D eigenvalue weighted by Gasteiger charge is -2.36. The Hall–Kier alpha value is -1.70. The van der Waals surface area contributed by atoms with Crippen LogP contribution in [0, 0.1) is 0 Å². The quantitative estimate of drug-likeness (QED) is 0.605. The number of hydrogen-bond donors (Lipinski definition) is 0. The third-order valence-electron chi connectivity index (χ3n) is 4.64. The van der Waals surface area contributed by atoms with Crippen molar-refractivity contribution in [1.29, 1.82) is 0 Å². The maximum Gasteiger partial charge on any atom is 0.573 e. The Morgan fingerprint density at radius 2 is 1.65 bits per heavy atom. The van der Waals surface area contributed by atoms with Crippen molar-refractivity contribution in [3.63, 3.8) is 0 Å². The van der Waals surface area contributed by atoms with Crippen molar-refractivity contribution in [2.24, 2.45) is 0 Å². The molecule has 1 amide bonds. The fourth-order valence-electron chi connectivity index (χ4n) is 2.08. The van der Waals surface area contributed by atoms with Crippen LogP contribution < -0.4 is 9.16 Å². The van der Waals surface area contributed by atoms with Crippen LogP contribution >= 0.6 is 0 Å². The predicted molar refractivity (Wildman–Crippen MR) is 98.2 cm³/mol. The molecule has 0 unspecified atom stereocenters. The lowest BCUT2D eigenvalue weighted by molar-refractivity contribution is -0.274. The molecule has 0 heterocycles. The molecule has 0 radical (unpaired) electrons. The number of benzene rings is 1. The van der Waals surface area contributed by atoms with Gasteiger partial charge < -0.3 is 14.1 Å². The first-order valence-electron chi connectivity index (χ1n) is 8.60. The molecule has 0 fully saturated rings. The molecule has 0 saturated heterocycles. The van der Waals surface area contributed by atoms with Gasteiger partial charge in [0, 0.05) is 19.2 Å². The van der Waals surface area contributed by atoms with Crippen molar-refractivity contribution in [1.82, 2.24) is 4.90 Å². The summed E-state index contributed by atoms with van der Waals surface area (Å²) in [4.78, 5) is 14.0. The van der Waals surface area contributed by atoms with E-state index >= 15 is 0 Å². The first kappa shape index (κ1) is 22.3. The van der Waals surface area contributed by atoms with Gasteiger partial charge in [-0.05, 0) is 44.1 Å². The first-order valence-corrected chi connectivity index (χ1v) is 11.5. The Kier molecular flexibility index (Phi) is 6.78. The third kappa shape index (κ3) is 5.65. The average molecular weight is 392 g/mol. The van der Waals surface area contributed by atoms with E-state index in [4.69, 9.17) is 4.43 Å². The molecule has 0 N–H and O–H groups in total. The molecule has 0 aromatic heterocycles. The Bertz CT molecular complexity index is 636. The highest BCUT2D eigenvalue weighted by atomic mass is 28.4. The van der Waals surface area contributed by atoms with Crippen LogP contribution in [0.25, 0.3) is 0 Å². The summed E-state index contributed by atoms with van der Waals surface area (Å²) in [6.45, 7) is 14.4. The summed E-state index contributed by atoms with van der Waals surface area (Å²) in [7, 11) is -2.24. The second-order valence-electron chi connectivity index (χ2n) is 7.55. The average Bonchev–Trinajstić information content (AvgIpc) is 2.45. The van der Waals surface area contributed by atoms with Gasteiger partial charge in [-0.15, -0.1) is 13.2 Å². The van der Waals surface area contributed by atoms with Crippen molar-refractivity contribution in [2.45, 2.75) is 59.1 Å². The molecule has 0 aliphatic heterocycles. The van der Waals surface area contributed by atoms with Gasteiger partial charge >= 0.3 is 6.36 Å². The van der Waals surface area contributed by atoms with E-state index in [-0.39, 0.29) is 16.4 Å². The molecule has 1 rings (SSSR count). The van der Waals surface area contributed by atoms with Crippen molar-refractivity contribution in [3.05, 3.63) is 23.8 Å². The molecular weight excluding hydrogens is 363 g/mol. The van der Waals surface area contributed by atoms with Crippen LogP contribution in [0.3, 0.4) is 0 Å². The largest absolute Gasteiger partial charge is 0.573 e. The van der Waals surface area contributed by atoms with Crippen molar-refractivity contribution >= 4 is 14.2 Å². The summed E-state index contributed by atoms with van der Waals surface area (Å²) in [6, 6.07) is 4.02. The molecule has 0 saturated carbocycles. The molecule has 0 aliphatic rings. The van der Waals surface area contributed by atoms with Crippen molar-refractivity contribution in [2.75, 3.05) is 13.1 Å². The Balaban J connectivity index is 3.32. The topological polar surface area (TPSA) is 38.8 Å². The zero-order chi connectivity index (χ0) is 20.3. The molecule has 148 valence electrons. The minimum Gasteiger partial charge on any atom is -0.543 e. The van der Waals surface area contributed by atoms with Gasteiger partial charge in [0.15, 0.2) is 0 Å². The number of alkyl halides is 3. The van der Waals surface area contributed by atoms with Gasteiger partial charge in [0.2, 0.25) is 8.32 Å². The zero-order valence-corrected chi connectivity index (χ0v) is 17.5. The lowest BCUT2D eigenvalue weighted by atomic mass is 10.1. The molecule has 1 aromatic rings. The zero-order valence-electron chi connectivity index (χ0n) is 16.5. The molecule has 4 nitrogen and oxygen atoms in total. The van der Waals surface area contributed by atoms with Gasteiger partial charge in [-0.25, -0.2) is 0 Å². The molecule has 8 heteroatoms. The standard InChI is InChI=1S/C18H28F3NO3Si/c1-8-22(9-2)16(23)14-11-10-13(12-15(14)24-18(19,20)21)25-26(6,7)17(3,4)5/h10-12H,8-9H2,1-7H3. The summed E-state index contributed by atoms with van der Waals surface area (Å²) in [5.41, 5.74) is -0.131. The number of hydrogen-bond acceptors (Lipinski definition) is 3. The number of ether oxygens (including phenoxy) is 1. The molecule has 0 atom stereocenters. The van der Waals surface area contributed by atoms with Gasteiger partial charge in [0.1, 0.15) is 11.5 Å². The second kappa shape index (κ2) is 7.90. The van der Waals surface area contributed by atoms with Gasteiger partial charge in [0.05, 0.1) is 5.56 Å². The molecule has 0 spiro atoms. The summed E-state index contributed by atoms with van der Waals surface area (Å²) >= 11 is 0. The van der Waals surface area contributed by atoms with E-state index in [2.05, 4.69) is 4.74 Å². The summed E-state index contributed by atoms with van der Waals surface area (Å²) in [6.07, 6.45) is -4.89. The van der Waals surface area contributed by atoms with E-state index in [9.17, 15) is 18.0 Å². The van der Waals surface area contributed by atoms with Crippen LogP contribution in [0.1, 0.15) is 45.0 Å². The highest BCUT2D eigenvalue weighted by Gasteiger charge is 2.39. The number of halogens is 3. The van der Waals surface area contributed by atoms with Gasteiger partial charge in [-0.3, -0.25) is 4.79 Å². The van der Waals surface area contributed by atoms with E-state index in [1.807, 2.05) is 33.9 Å². The second-order valence-corrected chi connectivity index (χ2v) is 12.3. The Morgan fingerprint density at radius 1 is 1.12 bits per heavy atom. The molecular formula is C18H28F3NO3Si. The number of amides is 1. The van der Waals surface area contributed by atoms with Crippen molar-refractivity contribution < 1.29 is 27.1 Å². The van der Waals surface area contributed by atoms with Crippen LogP contribution in [-0.2, 0) is 0 Å². The van der Waals surface area contributed by atoms with E-state index in [0.717, 1.165) is 6.07 Å². The normalized spacial score (nSPS) is 12.7. The number of rotatable bonds is 6. The monoisotopic (exact) mass is 391 g/mol. The summed E-state index contributed by atoms with van der Waals surface area (Å²) in [5, 5.41) is -0.117. The van der Waals surface area contributed by atoms with Crippen LogP contribution in [0.2, 0.25) is 18.1 Å². The summed E-state index contributed by atoms with van der Waals surface area (Å²) in [5.74, 6) is -0.773. The number of carbonyl (C=O) groups is 1. The minimum absolute atomic E-state index is 0.117. The maximum absolute atomic E-state index is 12.8. The summed E-state index contributed by atoms with van der Waals surface area (Å²) < 4.78 is 48.6. The number of carbonyl (C=O) groups excluding carboxylic acids is 1. The van der Waals surface area contributed by atoms with Gasteiger partial charge in [0.25, 0.3) is 5.91 Å². The van der Waals surface area contributed by atoms with Crippen LogP contribution in [-0.4, -0.2) is 38.6 Å². The van der Waals surface area contributed by atoms with Crippen LogP contribution in [0.15, 0.2) is 18.2 Å². The SMILES string of the molecule is CCN(CC)C(=O)c1ccc(O[Si](C)(C)C(C)(C)C)cc1OC(F)(F)F. The van der Waals surface area contributed by atoms with Crippen LogP contribution in [0.5, 0.6) is 11.5 Å².